The first-order valence-corrected chi connectivity index (χ1v) is 9.38. The van der Waals surface area contributed by atoms with E-state index in [-0.39, 0.29) is 4.90 Å². The molecule has 2 aromatic rings. The van der Waals surface area contributed by atoms with Crippen LogP contribution in [-0.4, -0.2) is 25.3 Å². The van der Waals surface area contributed by atoms with Gasteiger partial charge in [-0.05, 0) is 24.0 Å². The average Bonchev–Trinajstić information content (AvgIpc) is 2.44. The Kier molecular flexibility index (Phi) is 4.54. The van der Waals surface area contributed by atoms with Crippen molar-refractivity contribution in [3.8, 4) is 0 Å². The van der Waals surface area contributed by atoms with Crippen LogP contribution >= 0.6 is 23.5 Å². The fraction of sp³-hybridized carbons (Fsp3) is 0.154. The zero-order valence-corrected chi connectivity index (χ0v) is 13.0. The molecule has 0 aliphatic rings. The van der Waals surface area contributed by atoms with Gasteiger partial charge in [-0.3, -0.25) is 0 Å². The van der Waals surface area contributed by atoms with E-state index in [2.05, 4.69) is 4.40 Å². The van der Waals surface area contributed by atoms with E-state index in [4.69, 9.17) is 0 Å². The predicted molar refractivity (Wildman–Crippen MR) is 85.6 cm³/mol. The van der Waals surface area contributed by atoms with Gasteiger partial charge in [-0.2, -0.15) is 8.42 Å². The molecule has 2 rings (SSSR count). The van der Waals surface area contributed by atoms with E-state index in [0.29, 0.717) is 9.76 Å². The van der Waals surface area contributed by atoms with Gasteiger partial charge in [-0.15, -0.1) is 27.9 Å². The summed E-state index contributed by atoms with van der Waals surface area (Å²) in [7, 11) is -3.66. The number of rotatable bonds is 2. The van der Waals surface area contributed by atoms with Gasteiger partial charge >= 0.3 is 0 Å². The van der Waals surface area contributed by atoms with Gasteiger partial charge in [-0.25, -0.2) is 0 Å². The monoisotopic (exact) mass is 311 g/mol. The molecule has 0 saturated heterocycles. The molecule has 0 aromatic heterocycles. The number of nitrogens with zero attached hydrogens (tertiary/aromatic N) is 1. The fourth-order valence-electron chi connectivity index (χ4n) is 1.73. The molecule has 3 nitrogen and oxygen atoms in total. The Hall–Kier alpha value is -0.980. The smallest absolute Gasteiger partial charge is 0.199 e. The second-order valence-electron chi connectivity index (χ2n) is 3.72. The van der Waals surface area contributed by atoms with Crippen molar-refractivity contribution in [1.29, 1.82) is 0 Å². The SMILES string of the molecule is CSC(=NS(=O)(=O)c1cccc2ccccc12)SC. The first-order valence-electron chi connectivity index (χ1n) is 5.49. The highest BCUT2D eigenvalue weighted by molar-refractivity contribution is 8.38. The van der Waals surface area contributed by atoms with Crippen LogP contribution in [0.25, 0.3) is 10.8 Å². The molecule has 19 heavy (non-hydrogen) atoms. The Morgan fingerprint density at radius 3 is 2.32 bits per heavy atom. The third-order valence-corrected chi connectivity index (χ3v) is 6.02. The molecule has 6 heteroatoms. The van der Waals surface area contributed by atoms with Crippen LogP contribution < -0.4 is 0 Å². The van der Waals surface area contributed by atoms with Crippen molar-refractivity contribution < 1.29 is 8.42 Å². The van der Waals surface area contributed by atoms with Crippen LogP contribution in [0.5, 0.6) is 0 Å². The molecular weight excluding hydrogens is 298 g/mol. The highest BCUT2D eigenvalue weighted by atomic mass is 32.2. The molecule has 0 radical (unpaired) electrons. The summed E-state index contributed by atoms with van der Waals surface area (Å²) in [5.74, 6) is 0. The van der Waals surface area contributed by atoms with Crippen LogP contribution in [0.1, 0.15) is 0 Å². The maximum absolute atomic E-state index is 12.4. The number of thioether (sulfide) groups is 2. The fourth-order valence-corrected chi connectivity index (χ4v) is 4.59. The Morgan fingerprint density at radius 1 is 1.00 bits per heavy atom. The maximum Gasteiger partial charge on any atom is 0.284 e. The van der Waals surface area contributed by atoms with Crippen molar-refractivity contribution in [1.82, 2.24) is 0 Å². The van der Waals surface area contributed by atoms with E-state index >= 15 is 0 Å². The number of benzene rings is 2. The Morgan fingerprint density at radius 2 is 1.63 bits per heavy atom. The molecule has 0 aliphatic carbocycles. The third-order valence-electron chi connectivity index (χ3n) is 2.57. The van der Waals surface area contributed by atoms with Crippen molar-refractivity contribution in [3.05, 3.63) is 42.5 Å². The maximum atomic E-state index is 12.4. The molecule has 0 bridgehead atoms. The summed E-state index contributed by atoms with van der Waals surface area (Å²) in [4.78, 5) is 0.256. The molecule has 0 fully saturated rings. The lowest BCUT2D eigenvalue weighted by Crippen LogP contribution is -2.00. The second-order valence-corrected chi connectivity index (χ2v) is 7.14. The molecule has 2 aromatic carbocycles. The van der Waals surface area contributed by atoms with Crippen LogP contribution in [0.4, 0.5) is 0 Å². The van der Waals surface area contributed by atoms with E-state index in [1.807, 2.05) is 36.8 Å². The zero-order chi connectivity index (χ0) is 13.9. The lowest BCUT2D eigenvalue weighted by molar-refractivity contribution is 0.599. The minimum atomic E-state index is -3.66. The first-order chi connectivity index (χ1) is 9.08. The third kappa shape index (κ3) is 3.13. The molecule has 0 spiro atoms. The summed E-state index contributed by atoms with van der Waals surface area (Å²) in [5.41, 5.74) is 0. The van der Waals surface area contributed by atoms with E-state index in [1.165, 1.54) is 23.5 Å². The molecule has 0 amide bonds. The standard InChI is InChI=1S/C13H13NO2S3/c1-17-13(18-2)14-19(15,16)12-9-5-7-10-6-3-4-8-11(10)12/h3-9H,1-2H3. The van der Waals surface area contributed by atoms with Gasteiger partial charge < -0.3 is 0 Å². The molecule has 0 unspecified atom stereocenters. The van der Waals surface area contributed by atoms with Gasteiger partial charge in [0.1, 0.15) is 4.38 Å². The highest BCUT2D eigenvalue weighted by Crippen LogP contribution is 2.26. The Labute approximate surface area is 121 Å². The largest absolute Gasteiger partial charge is 0.284 e. The summed E-state index contributed by atoms with van der Waals surface area (Å²) in [5, 5.41) is 1.60. The van der Waals surface area contributed by atoms with Crippen LogP contribution in [0.3, 0.4) is 0 Å². The number of fused-ring (bicyclic) bond motifs is 1. The molecule has 100 valence electrons. The van der Waals surface area contributed by atoms with E-state index < -0.39 is 10.0 Å². The van der Waals surface area contributed by atoms with Crippen LogP contribution in [0, 0.1) is 0 Å². The summed E-state index contributed by atoms with van der Waals surface area (Å²) in [6.07, 6.45) is 3.63. The van der Waals surface area contributed by atoms with Gasteiger partial charge in [0, 0.05) is 5.39 Å². The van der Waals surface area contributed by atoms with Crippen LogP contribution in [0.2, 0.25) is 0 Å². The number of sulfonamides is 1. The Bertz CT molecular complexity index is 712. The molecule has 0 heterocycles. The lowest BCUT2D eigenvalue weighted by Gasteiger charge is -2.05. The van der Waals surface area contributed by atoms with Gasteiger partial charge in [-0.1, -0.05) is 36.4 Å². The first kappa shape index (κ1) is 14.4. The molecule has 0 aliphatic heterocycles. The normalized spacial score (nSPS) is 11.5. The predicted octanol–water partition coefficient (Wildman–Crippen LogP) is 3.61. The topological polar surface area (TPSA) is 46.5 Å². The van der Waals surface area contributed by atoms with Crippen LogP contribution in [-0.2, 0) is 10.0 Å². The van der Waals surface area contributed by atoms with Crippen LogP contribution in [0.15, 0.2) is 51.8 Å². The summed E-state index contributed by atoms with van der Waals surface area (Å²) < 4.78 is 29.1. The summed E-state index contributed by atoms with van der Waals surface area (Å²) in [6.45, 7) is 0. The Balaban J connectivity index is 2.65. The second kappa shape index (κ2) is 5.98. The minimum absolute atomic E-state index is 0.256. The van der Waals surface area contributed by atoms with E-state index in [0.717, 1.165) is 5.39 Å². The van der Waals surface area contributed by atoms with Gasteiger partial charge in [0.05, 0.1) is 4.90 Å². The van der Waals surface area contributed by atoms with Crippen molar-refractivity contribution in [2.24, 2.45) is 4.40 Å². The van der Waals surface area contributed by atoms with Crippen molar-refractivity contribution >= 4 is 48.7 Å². The quantitative estimate of drug-likeness (QED) is 0.628. The minimum Gasteiger partial charge on any atom is -0.199 e. The van der Waals surface area contributed by atoms with Crippen molar-refractivity contribution in [2.75, 3.05) is 12.5 Å². The van der Waals surface area contributed by atoms with E-state index in [9.17, 15) is 8.42 Å². The molecule has 0 atom stereocenters. The van der Waals surface area contributed by atoms with Gasteiger partial charge in [0.15, 0.2) is 0 Å². The lowest BCUT2D eigenvalue weighted by atomic mass is 10.1. The van der Waals surface area contributed by atoms with Gasteiger partial charge in [0.25, 0.3) is 10.0 Å². The van der Waals surface area contributed by atoms with Crippen molar-refractivity contribution in [2.45, 2.75) is 4.90 Å². The number of hydrogen-bond donors (Lipinski definition) is 0. The summed E-state index contributed by atoms with van der Waals surface area (Å²) >= 11 is 2.66. The average molecular weight is 311 g/mol. The molecule has 0 saturated carbocycles. The highest BCUT2D eigenvalue weighted by Gasteiger charge is 2.17. The van der Waals surface area contributed by atoms with Crippen molar-refractivity contribution in [3.63, 3.8) is 0 Å². The molecule has 0 N–H and O–H groups in total. The summed E-state index contributed by atoms with van der Waals surface area (Å²) in [6, 6.07) is 12.6. The van der Waals surface area contributed by atoms with Gasteiger partial charge in [0.2, 0.25) is 0 Å². The molecular formula is C13H13NO2S3. The zero-order valence-electron chi connectivity index (χ0n) is 10.5. The van der Waals surface area contributed by atoms with E-state index in [1.54, 1.807) is 18.2 Å². The number of hydrogen-bond acceptors (Lipinski definition) is 4.